The Kier molecular flexibility index (Phi) is 4.63. The average molecular weight is 195 g/mol. The molecule has 0 aromatic rings. The van der Waals surface area contributed by atoms with Crippen molar-refractivity contribution < 1.29 is 18.4 Å². The van der Waals surface area contributed by atoms with Gasteiger partial charge in [0.25, 0.3) is 0 Å². The molecule has 1 unspecified atom stereocenters. The zero-order valence-electron chi connectivity index (χ0n) is 7.44. The molecule has 0 saturated heterocycles. The molecule has 6 heteroatoms. The van der Waals surface area contributed by atoms with Crippen molar-refractivity contribution in [3.05, 3.63) is 0 Å². The van der Waals surface area contributed by atoms with E-state index in [1.165, 1.54) is 21.1 Å². The summed E-state index contributed by atoms with van der Waals surface area (Å²) >= 11 is 0. The summed E-state index contributed by atoms with van der Waals surface area (Å²) in [4.78, 5) is 10.9. The minimum atomic E-state index is -3.32. The summed E-state index contributed by atoms with van der Waals surface area (Å²) in [6.45, 7) is 1.27. The van der Waals surface area contributed by atoms with Crippen LogP contribution in [0, 0.1) is 0 Å². The molecule has 72 valence electrons. The monoisotopic (exact) mass is 195 g/mol. The maximum Gasteiger partial charge on any atom is 0.341 e. The van der Waals surface area contributed by atoms with Crippen LogP contribution >= 0.6 is 7.60 Å². The van der Waals surface area contributed by atoms with E-state index in [9.17, 15) is 9.36 Å². The molecule has 0 radical (unpaired) electrons. The number of rotatable bonds is 5. The molecule has 0 aromatic carbocycles. The van der Waals surface area contributed by atoms with Gasteiger partial charge in [0, 0.05) is 20.8 Å². The van der Waals surface area contributed by atoms with E-state index in [2.05, 4.69) is 9.05 Å². The smallest absolute Gasteiger partial charge is 0.329 e. The van der Waals surface area contributed by atoms with E-state index in [1.807, 2.05) is 0 Å². The van der Waals surface area contributed by atoms with Gasteiger partial charge in [-0.15, -0.1) is 0 Å². The van der Waals surface area contributed by atoms with Crippen molar-refractivity contribution in [3.8, 4) is 0 Å². The summed E-state index contributed by atoms with van der Waals surface area (Å²) in [5.74, 6) is -0.287. The molecule has 0 fully saturated rings. The molecule has 5 nitrogen and oxygen atoms in total. The van der Waals surface area contributed by atoms with Crippen molar-refractivity contribution >= 4 is 13.4 Å². The summed E-state index contributed by atoms with van der Waals surface area (Å²) in [5, 5.41) is 0. The maximum atomic E-state index is 11.6. The minimum Gasteiger partial charge on any atom is -0.329 e. The Morgan fingerprint density at radius 1 is 1.50 bits per heavy atom. The first-order valence-electron chi connectivity index (χ1n) is 3.43. The van der Waals surface area contributed by atoms with Gasteiger partial charge in [0.05, 0.1) is 0 Å². The molecule has 12 heavy (non-hydrogen) atoms. The third kappa shape index (κ3) is 2.38. The number of carbonyl (C=O) groups is 1. The van der Waals surface area contributed by atoms with E-state index in [0.717, 1.165) is 0 Å². The van der Waals surface area contributed by atoms with Crippen LogP contribution in [0.4, 0.5) is 0 Å². The zero-order valence-corrected chi connectivity index (χ0v) is 8.34. The van der Waals surface area contributed by atoms with Gasteiger partial charge in [0.15, 0.2) is 0 Å². The van der Waals surface area contributed by atoms with Gasteiger partial charge in [-0.3, -0.25) is 9.36 Å². The highest BCUT2D eigenvalue weighted by atomic mass is 31.2. The summed E-state index contributed by atoms with van der Waals surface area (Å²) in [5.41, 5.74) is 4.40. The predicted molar refractivity (Wildman–Crippen MR) is 45.1 cm³/mol. The van der Waals surface area contributed by atoms with Crippen LogP contribution in [-0.4, -0.2) is 32.2 Å². The Morgan fingerprint density at radius 2 is 1.92 bits per heavy atom. The molecule has 0 aliphatic heterocycles. The second-order valence-corrected chi connectivity index (χ2v) is 4.70. The van der Waals surface area contributed by atoms with Gasteiger partial charge < -0.3 is 14.8 Å². The van der Waals surface area contributed by atoms with E-state index >= 15 is 0 Å². The Labute approximate surface area is 71.8 Å². The van der Waals surface area contributed by atoms with E-state index in [1.54, 1.807) is 0 Å². The van der Waals surface area contributed by atoms with Crippen LogP contribution in [0.3, 0.4) is 0 Å². The SMILES string of the molecule is COP(=O)(OC)C(CN)C(C)=O. The van der Waals surface area contributed by atoms with Crippen LogP contribution in [0.25, 0.3) is 0 Å². The predicted octanol–water partition coefficient (Wildman–Crippen LogP) is 0.389. The Balaban J connectivity index is 4.68. The number of Topliss-reactive ketones (excluding diaryl/α,β-unsaturated/α-hetero) is 1. The number of ketones is 1. The van der Waals surface area contributed by atoms with Crippen LogP contribution in [0.5, 0.6) is 0 Å². The zero-order chi connectivity index (χ0) is 9.78. The molecule has 1 atom stereocenters. The maximum absolute atomic E-state index is 11.6. The van der Waals surface area contributed by atoms with Gasteiger partial charge in [0.2, 0.25) is 0 Å². The van der Waals surface area contributed by atoms with Gasteiger partial charge >= 0.3 is 7.60 Å². The fraction of sp³-hybridized carbons (Fsp3) is 0.833. The van der Waals surface area contributed by atoms with Gasteiger partial charge in [-0.05, 0) is 6.92 Å². The normalized spacial score (nSPS) is 14.3. The Morgan fingerprint density at radius 3 is 2.00 bits per heavy atom. The largest absolute Gasteiger partial charge is 0.341 e. The van der Waals surface area contributed by atoms with E-state index in [4.69, 9.17) is 5.73 Å². The molecule has 0 bridgehead atoms. The lowest BCUT2D eigenvalue weighted by molar-refractivity contribution is -0.116. The van der Waals surface area contributed by atoms with Gasteiger partial charge in [-0.1, -0.05) is 0 Å². The molecule has 0 aliphatic rings. The number of nitrogens with two attached hydrogens (primary N) is 1. The number of hydrogen-bond donors (Lipinski definition) is 1. The van der Waals surface area contributed by atoms with Crippen LogP contribution in [-0.2, 0) is 18.4 Å². The molecule has 0 saturated carbocycles. The van der Waals surface area contributed by atoms with Gasteiger partial charge in [-0.2, -0.15) is 0 Å². The summed E-state index contributed by atoms with van der Waals surface area (Å²) < 4.78 is 20.8. The molecular formula is C6H14NO4P. The molecule has 0 aromatic heterocycles. The van der Waals surface area contributed by atoms with Crippen LogP contribution in [0.1, 0.15) is 6.92 Å². The standard InChI is InChI=1S/C6H14NO4P/c1-5(8)6(4-7)12(9,10-2)11-3/h6H,4,7H2,1-3H3. The first-order chi connectivity index (χ1) is 5.51. The Bertz CT molecular complexity index is 198. The van der Waals surface area contributed by atoms with Crippen LogP contribution in [0.2, 0.25) is 0 Å². The molecule has 0 aliphatic carbocycles. The van der Waals surface area contributed by atoms with Crippen molar-refractivity contribution in [1.82, 2.24) is 0 Å². The molecule has 0 amide bonds. The molecular weight excluding hydrogens is 181 g/mol. The Hall–Kier alpha value is -0.220. The lowest BCUT2D eigenvalue weighted by Crippen LogP contribution is -2.28. The van der Waals surface area contributed by atoms with E-state index in [-0.39, 0.29) is 12.3 Å². The lowest BCUT2D eigenvalue weighted by Gasteiger charge is -2.20. The summed E-state index contributed by atoms with van der Waals surface area (Å²) in [6.07, 6.45) is 0. The van der Waals surface area contributed by atoms with Crippen molar-refractivity contribution in [2.24, 2.45) is 5.73 Å². The fourth-order valence-electron chi connectivity index (χ4n) is 0.847. The third-order valence-corrected chi connectivity index (χ3v) is 3.94. The van der Waals surface area contributed by atoms with E-state index in [0.29, 0.717) is 0 Å². The van der Waals surface area contributed by atoms with E-state index < -0.39 is 13.3 Å². The second kappa shape index (κ2) is 4.72. The molecule has 0 rings (SSSR count). The molecule has 2 N–H and O–H groups in total. The van der Waals surface area contributed by atoms with Gasteiger partial charge in [-0.25, -0.2) is 0 Å². The number of hydrogen-bond acceptors (Lipinski definition) is 5. The van der Waals surface area contributed by atoms with Crippen molar-refractivity contribution in [3.63, 3.8) is 0 Å². The van der Waals surface area contributed by atoms with Crippen molar-refractivity contribution in [2.75, 3.05) is 20.8 Å². The highest BCUT2D eigenvalue weighted by Gasteiger charge is 2.36. The second-order valence-electron chi connectivity index (χ2n) is 2.27. The number of carbonyl (C=O) groups excluding carboxylic acids is 1. The topological polar surface area (TPSA) is 78.6 Å². The minimum absolute atomic E-state index is 0.0334. The van der Waals surface area contributed by atoms with Crippen LogP contribution < -0.4 is 5.73 Å². The van der Waals surface area contributed by atoms with Gasteiger partial charge in [0.1, 0.15) is 11.4 Å². The molecule has 0 heterocycles. The van der Waals surface area contributed by atoms with Crippen molar-refractivity contribution in [1.29, 1.82) is 0 Å². The van der Waals surface area contributed by atoms with Crippen molar-refractivity contribution in [2.45, 2.75) is 12.6 Å². The lowest BCUT2D eigenvalue weighted by atomic mass is 10.3. The highest BCUT2D eigenvalue weighted by Crippen LogP contribution is 2.51. The molecule has 0 spiro atoms. The highest BCUT2D eigenvalue weighted by molar-refractivity contribution is 7.55. The summed E-state index contributed by atoms with van der Waals surface area (Å²) in [6, 6.07) is 0. The first-order valence-corrected chi connectivity index (χ1v) is 5.04. The van der Waals surface area contributed by atoms with Crippen LogP contribution in [0.15, 0.2) is 0 Å². The quantitative estimate of drug-likeness (QED) is 0.642. The third-order valence-electron chi connectivity index (χ3n) is 1.58. The fourth-order valence-corrected chi connectivity index (χ4v) is 2.21. The average Bonchev–Trinajstić information content (AvgIpc) is 2.04. The first kappa shape index (κ1) is 11.8. The summed E-state index contributed by atoms with van der Waals surface area (Å²) in [7, 11) is -0.858.